The molecule has 1 N–H and O–H groups in total. The maximum Gasteiger partial charge on any atom is 0.00139 e. The molecular weight excluding hydrogens is 160 g/mol. The third kappa shape index (κ3) is 1.15. The van der Waals surface area contributed by atoms with E-state index < -0.39 is 0 Å². The van der Waals surface area contributed by atoms with E-state index in [1.54, 1.807) is 0 Å². The van der Waals surface area contributed by atoms with Gasteiger partial charge in [-0.1, -0.05) is 0 Å². The molecule has 0 aromatic heterocycles. The Morgan fingerprint density at radius 3 is 2.54 bits per heavy atom. The zero-order valence-electron chi connectivity index (χ0n) is 8.55. The van der Waals surface area contributed by atoms with Crippen molar-refractivity contribution < 1.29 is 0 Å². The molecule has 2 aliphatic heterocycles. The SMILES string of the molecule is CN1CCC(C23CNCC2C3)CC1. The fourth-order valence-corrected chi connectivity index (χ4v) is 3.60. The van der Waals surface area contributed by atoms with Crippen LogP contribution in [0.1, 0.15) is 19.3 Å². The normalized spacial score (nSPS) is 46.4. The minimum absolute atomic E-state index is 0.779. The van der Waals surface area contributed by atoms with Crippen LogP contribution in [-0.2, 0) is 0 Å². The average molecular weight is 180 g/mol. The predicted molar refractivity (Wildman–Crippen MR) is 53.6 cm³/mol. The Labute approximate surface area is 80.7 Å². The van der Waals surface area contributed by atoms with Gasteiger partial charge < -0.3 is 10.2 Å². The van der Waals surface area contributed by atoms with Crippen LogP contribution in [0.2, 0.25) is 0 Å². The maximum absolute atomic E-state index is 3.56. The molecule has 3 rings (SSSR count). The Bertz CT molecular complexity index is 208. The Morgan fingerprint density at radius 1 is 1.23 bits per heavy atom. The molecule has 13 heavy (non-hydrogen) atoms. The Hall–Kier alpha value is -0.0800. The molecule has 2 nitrogen and oxygen atoms in total. The summed E-state index contributed by atoms with van der Waals surface area (Å²) in [4.78, 5) is 2.48. The largest absolute Gasteiger partial charge is 0.316 e. The van der Waals surface area contributed by atoms with Gasteiger partial charge in [-0.05, 0) is 63.2 Å². The standard InChI is InChI=1S/C11H20N2/c1-13-4-2-9(3-5-13)11-6-10(11)7-12-8-11/h9-10,12H,2-8H2,1H3. The molecule has 0 spiro atoms. The first-order valence-electron chi connectivity index (χ1n) is 5.70. The number of nitrogens with one attached hydrogen (secondary N) is 1. The molecule has 2 saturated heterocycles. The van der Waals surface area contributed by atoms with Gasteiger partial charge >= 0.3 is 0 Å². The second-order valence-corrected chi connectivity index (χ2v) is 5.34. The van der Waals surface area contributed by atoms with Gasteiger partial charge in [0, 0.05) is 6.54 Å². The van der Waals surface area contributed by atoms with Crippen molar-refractivity contribution in [3.8, 4) is 0 Å². The van der Waals surface area contributed by atoms with Gasteiger partial charge in [0.05, 0.1) is 0 Å². The lowest BCUT2D eigenvalue weighted by atomic mass is 9.81. The van der Waals surface area contributed by atoms with Crippen LogP contribution >= 0.6 is 0 Å². The lowest BCUT2D eigenvalue weighted by Crippen LogP contribution is -2.36. The first-order valence-corrected chi connectivity index (χ1v) is 5.70. The van der Waals surface area contributed by atoms with Crippen molar-refractivity contribution in [2.24, 2.45) is 17.3 Å². The lowest BCUT2D eigenvalue weighted by molar-refractivity contribution is 0.159. The summed E-state index contributed by atoms with van der Waals surface area (Å²) in [5, 5.41) is 3.56. The molecule has 2 unspecified atom stereocenters. The van der Waals surface area contributed by atoms with Gasteiger partial charge in [0.25, 0.3) is 0 Å². The van der Waals surface area contributed by atoms with Gasteiger partial charge in [0.1, 0.15) is 0 Å². The summed E-state index contributed by atoms with van der Waals surface area (Å²) >= 11 is 0. The maximum atomic E-state index is 3.56. The summed E-state index contributed by atoms with van der Waals surface area (Å²) < 4.78 is 0. The number of hydrogen-bond acceptors (Lipinski definition) is 2. The van der Waals surface area contributed by atoms with Gasteiger partial charge in [0.15, 0.2) is 0 Å². The van der Waals surface area contributed by atoms with Gasteiger partial charge in [-0.2, -0.15) is 0 Å². The molecule has 1 saturated carbocycles. The summed E-state index contributed by atoms with van der Waals surface area (Å²) in [6.07, 6.45) is 4.44. The zero-order chi connectivity index (χ0) is 8.89. The van der Waals surface area contributed by atoms with E-state index in [1.165, 1.54) is 45.4 Å². The molecule has 2 heteroatoms. The summed E-state index contributed by atoms with van der Waals surface area (Å²) in [5.41, 5.74) is 0.779. The van der Waals surface area contributed by atoms with Crippen molar-refractivity contribution in [3.05, 3.63) is 0 Å². The van der Waals surface area contributed by atoms with E-state index in [0.29, 0.717) is 0 Å². The Morgan fingerprint density at radius 2 is 2.00 bits per heavy atom. The molecule has 0 amide bonds. The van der Waals surface area contributed by atoms with E-state index >= 15 is 0 Å². The van der Waals surface area contributed by atoms with Crippen LogP contribution in [-0.4, -0.2) is 38.1 Å². The monoisotopic (exact) mass is 180 g/mol. The van der Waals surface area contributed by atoms with Crippen LogP contribution in [0.15, 0.2) is 0 Å². The smallest absolute Gasteiger partial charge is 0.00139 e. The first-order chi connectivity index (χ1) is 6.31. The van der Waals surface area contributed by atoms with Crippen molar-refractivity contribution in [1.82, 2.24) is 10.2 Å². The first kappa shape index (κ1) is 8.25. The summed E-state index contributed by atoms with van der Waals surface area (Å²) in [5.74, 6) is 2.10. The molecule has 0 aromatic rings. The Balaban J connectivity index is 1.66. The number of piperidine rings is 2. The second kappa shape index (κ2) is 2.71. The van der Waals surface area contributed by atoms with Crippen LogP contribution in [0, 0.1) is 17.3 Å². The van der Waals surface area contributed by atoms with Gasteiger partial charge in [0.2, 0.25) is 0 Å². The molecule has 3 fully saturated rings. The average Bonchev–Trinajstić information content (AvgIpc) is 2.71. The van der Waals surface area contributed by atoms with E-state index in [4.69, 9.17) is 0 Å². The topological polar surface area (TPSA) is 15.3 Å². The number of nitrogens with zero attached hydrogens (tertiary/aromatic N) is 1. The van der Waals surface area contributed by atoms with E-state index in [1.807, 2.05) is 0 Å². The van der Waals surface area contributed by atoms with Gasteiger partial charge in [-0.25, -0.2) is 0 Å². The second-order valence-electron chi connectivity index (χ2n) is 5.34. The molecule has 2 heterocycles. The van der Waals surface area contributed by atoms with Crippen LogP contribution in [0.5, 0.6) is 0 Å². The molecule has 1 aliphatic carbocycles. The highest BCUT2D eigenvalue weighted by molar-refractivity contribution is 5.12. The minimum atomic E-state index is 0.779. The minimum Gasteiger partial charge on any atom is -0.316 e. The lowest BCUT2D eigenvalue weighted by Gasteiger charge is -2.33. The van der Waals surface area contributed by atoms with Crippen LogP contribution < -0.4 is 5.32 Å². The molecule has 2 atom stereocenters. The summed E-state index contributed by atoms with van der Waals surface area (Å²) in [7, 11) is 2.26. The number of likely N-dealkylation sites (tertiary alicyclic amines) is 1. The van der Waals surface area contributed by atoms with E-state index in [2.05, 4.69) is 17.3 Å². The zero-order valence-corrected chi connectivity index (χ0v) is 8.55. The number of rotatable bonds is 1. The molecule has 0 bridgehead atoms. The third-order valence-corrected chi connectivity index (χ3v) is 4.66. The summed E-state index contributed by atoms with van der Waals surface area (Å²) in [6, 6.07) is 0. The van der Waals surface area contributed by atoms with Crippen molar-refractivity contribution in [3.63, 3.8) is 0 Å². The Kier molecular flexibility index (Phi) is 1.72. The van der Waals surface area contributed by atoms with Crippen molar-refractivity contribution in [1.29, 1.82) is 0 Å². The van der Waals surface area contributed by atoms with E-state index in [0.717, 1.165) is 17.3 Å². The van der Waals surface area contributed by atoms with Crippen molar-refractivity contribution in [2.45, 2.75) is 19.3 Å². The predicted octanol–water partition coefficient (Wildman–Crippen LogP) is 0.938. The fraction of sp³-hybridized carbons (Fsp3) is 1.00. The third-order valence-electron chi connectivity index (χ3n) is 4.66. The van der Waals surface area contributed by atoms with Crippen molar-refractivity contribution >= 4 is 0 Å². The highest BCUT2D eigenvalue weighted by Crippen LogP contribution is 2.62. The van der Waals surface area contributed by atoms with Crippen LogP contribution in [0.4, 0.5) is 0 Å². The number of fused-ring (bicyclic) bond motifs is 1. The molecule has 3 aliphatic rings. The number of hydrogen-bond donors (Lipinski definition) is 1. The van der Waals surface area contributed by atoms with Crippen LogP contribution in [0.25, 0.3) is 0 Å². The fourth-order valence-electron chi connectivity index (χ4n) is 3.60. The van der Waals surface area contributed by atoms with E-state index in [-0.39, 0.29) is 0 Å². The highest BCUT2D eigenvalue weighted by atomic mass is 15.1. The van der Waals surface area contributed by atoms with Gasteiger partial charge in [-0.3, -0.25) is 0 Å². The molecule has 0 aromatic carbocycles. The summed E-state index contributed by atoms with van der Waals surface area (Å²) in [6.45, 7) is 5.30. The highest BCUT2D eigenvalue weighted by Gasteiger charge is 2.60. The molecule has 0 radical (unpaired) electrons. The van der Waals surface area contributed by atoms with Gasteiger partial charge in [-0.15, -0.1) is 0 Å². The van der Waals surface area contributed by atoms with Crippen LogP contribution in [0.3, 0.4) is 0 Å². The quantitative estimate of drug-likeness (QED) is 0.646. The van der Waals surface area contributed by atoms with E-state index in [9.17, 15) is 0 Å². The molecule has 74 valence electrons. The van der Waals surface area contributed by atoms with Crippen molar-refractivity contribution in [2.75, 3.05) is 33.2 Å². The molecular formula is C11H20N2.